The number of hydrazine groups is 1. The molecule has 1 aromatic carbocycles. The van der Waals surface area contributed by atoms with E-state index < -0.39 is 0 Å². The van der Waals surface area contributed by atoms with E-state index in [9.17, 15) is 4.79 Å². The zero-order chi connectivity index (χ0) is 15.2. The van der Waals surface area contributed by atoms with Crippen molar-refractivity contribution in [1.29, 1.82) is 0 Å². The van der Waals surface area contributed by atoms with Gasteiger partial charge < -0.3 is 10.6 Å². The van der Waals surface area contributed by atoms with Crippen LogP contribution in [0.25, 0.3) is 5.57 Å². The lowest BCUT2D eigenvalue weighted by Gasteiger charge is -2.26. The van der Waals surface area contributed by atoms with Crippen LogP contribution in [-0.4, -0.2) is 29.8 Å². The van der Waals surface area contributed by atoms with Gasteiger partial charge in [0.2, 0.25) is 5.91 Å². The molecule has 0 saturated heterocycles. The summed E-state index contributed by atoms with van der Waals surface area (Å²) in [5.74, 6) is 5.82. The van der Waals surface area contributed by atoms with Crippen molar-refractivity contribution in [2.24, 2.45) is 11.6 Å². The summed E-state index contributed by atoms with van der Waals surface area (Å²) in [6.45, 7) is 1.32. The average Bonchev–Trinajstić information content (AvgIpc) is 2.54. The van der Waals surface area contributed by atoms with Gasteiger partial charge in [0.05, 0.1) is 5.69 Å². The summed E-state index contributed by atoms with van der Waals surface area (Å²) in [5, 5.41) is 1.46. The molecule has 1 amide bonds. The van der Waals surface area contributed by atoms with Crippen molar-refractivity contribution in [1.82, 2.24) is 4.90 Å². The number of hydrogen-bond acceptors (Lipinski definition) is 4. The molecule has 0 spiro atoms. The fourth-order valence-electron chi connectivity index (χ4n) is 2.27. The van der Waals surface area contributed by atoms with E-state index >= 15 is 0 Å². The lowest BCUT2D eigenvalue weighted by molar-refractivity contribution is -0.128. The fourth-order valence-corrected chi connectivity index (χ4v) is 2.44. The third-order valence-corrected chi connectivity index (χ3v) is 3.69. The van der Waals surface area contributed by atoms with E-state index in [-0.39, 0.29) is 11.8 Å². The molecule has 1 aliphatic heterocycles. The van der Waals surface area contributed by atoms with Gasteiger partial charge in [-0.2, -0.15) is 0 Å². The van der Waals surface area contributed by atoms with Crippen LogP contribution < -0.4 is 16.6 Å². The monoisotopic (exact) mass is 306 g/mol. The smallest absolute Gasteiger partial charge is 0.237 e. The summed E-state index contributed by atoms with van der Waals surface area (Å²) in [6, 6.07) is 7.91. The molecule has 0 unspecified atom stereocenters. The van der Waals surface area contributed by atoms with Crippen molar-refractivity contribution in [3.63, 3.8) is 0 Å². The molecule has 112 valence electrons. The van der Waals surface area contributed by atoms with Gasteiger partial charge in [-0.05, 0) is 29.7 Å². The Bertz CT molecular complexity index is 553. The first-order chi connectivity index (χ1) is 10.2. The summed E-state index contributed by atoms with van der Waals surface area (Å²) >= 11 is 5.57. The van der Waals surface area contributed by atoms with Crippen molar-refractivity contribution >= 4 is 28.8 Å². The highest BCUT2D eigenvalue weighted by Crippen LogP contribution is 2.24. The fraction of sp³-hybridized carbons (Fsp3) is 0.267. The maximum atomic E-state index is 11.5. The molecule has 4 N–H and O–H groups in total. The standard InChI is InChI=1S/C15H19ClN4O/c16-11-15(21)19-8-5-13(6-9-19)12-1-3-14(4-2-12)20(18)10-7-17/h1-5,7,10H,6,8-9,11,17-18H2/b10-7-. The highest BCUT2D eigenvalue weighted by molar-refractivity contribution is 6.27. The third-order valence-electron chi connectivity index (χ3n) is 3.46. The lowest BCUT2D eigenvalue weighted by atomic mass is 9.99. The van der Waals surface area contributed by atoms with Gasteiger partial charge >= 0.3 is 0 Å². The van der Waals surface area contributed by atoms with Gasteiger partial charge in [-0.3, -0.25) is 9.80 Å². The Morgan fingerprint density at radius 3 is 2.62 bits per heavy atom. The number of nitrogens with two attached hydrogens (primary N) is 2. The summed E-state index contributed by atoms with van der Waals surface area (Å²) < 4.78 is 0. The zero-order valence-electron chi connectivity index (χ0n) is 11.7. The number of hydrogen-bond donors (Lipinski definition) is 2. The first-order valence-electron chi connectivity index (χ1n) is 6.71. The van der Waals surface area contributed by atoms with Crippen molar-refractivity contribution < 1.29 is 4.79 Å². The maximum absolute atomic E-state index is 11.5. The molecular weight excluding hydrogens is 288 g/mol. The average molecular weight is 307 g/mol. The van der Waals surface area contributed by atoms with Crippen LogP contribution in [0.15, 0.2) is 42.7 Å². The van der Waals surface area contributed by atoms with Crippen LogP contribution in [0.3, 0.4) is 0 Å². The van der Waals surface area contributed by atoms with E-state index in [1.165, 1.54) is 16.8 Å². The summed E-state index contributed by atoms with van der Waals surface area (Å²) in [7, 11) is 0. The first-order valence-corrected chi connectivity index (χ1v) is 7.24. The molecule has 0 radical (unpaired) electrons. The molecule has 21 heavy (non-hydrogen) atoms. The maximum Gasteiger partial charge on any atom is 0.237 e. The second-order valence-electron chi connectivity index (χ2n) is 4.75. The predicted octanol–water partition coefficient (Wildman–Crippen LogP) is 1.65. The predicted molar refractivity (Wildman–Crippen MR) is 86.3 cm³/mol. The topological polar surface area (TPSA) is 75.6 Å². The Hall–Kier alpha value is -1.98. The lowest BCUT2D eigenvalue weighted by Crippen LogP contribution is -2.35. The summed E-state index contributed by atoms with van der Waals surface area (Å²) in [4.78, 5) is 13.3. The Morgan fingerprint density at radius 1 is 1.38 bits per heavy atom. The minimum atomic E-state index is -0.0188. The molecule has 6 heteroatoms. The number of halogens is 1. The molecule has 0 saturated carbocycles. The molecule has 2 rings (SSSR count). The van der Waals surface area contributed by atoms with E-state index in [1.54, 1.807) is 11.1 Å². The number of nitrogens with zero attached hydrogens (tertiary/aromatic N) is 2. The van der Waals surface area contributed by atoms with Crippen LogP contribution in [0.2, 0.25) is 0 Å². The second-order valence-corrected chi connectivity index (χ2v) is 5.02. The van der Waals surface area contributed by atoms with E-state index in [1.807, 2.05) is 24.3 Å². The van der Waals surface area contributed by atoms with Crippen LogP contribution in [0.4, 0.5) is 5.69 Å². The third kappa shape index (κ3) is 3.77. The van der Waals surface area contributed by atoms with Gasteiger partial charge in [0, 0.05) is 25.5 Å². The Kier molecular flexibility index (Phi) is 5.25. The Labute approximate surface area is 129 Å². The van der Waals surface area contributed by atoms with Gasteiger partial charge in [-0.25, -0.2) is 5.84 Å². The number of alkyl halides is 1. The van der Waals surface area contributed by atoms with Crippen LogP contribution in [0.1, 0.15) is 12.0 Å². The Morgan fingerprint density at radius 2 is 2.10 bits per heavy atom. The highest BCUT2D eigenvalue weighted by atomic mass is 35.5. The number of carbonyl (C=O) groups is 1. The number of anilines is 1. The van der Waals surface area contributed by atoms with Crippen molar-refractivity contribution in [3.8, 4) is 0 Å². The number of benzene rings is 1. The quantitative estimate of drug-likeness (QED) is 0.504. The first kappa shape index (κ1) is 15.4. The van der Waals surface area contributed by atoms with Gasteiger partial charge in [-0.15, -0.1) is 11.6 Å². The molecule has 0 bridgehead atoms. The van der Waals surface area contributed by atoms with E-state index in [0.717, 1.165) is 17.7 Å². The van der Waals surface area contributed by atoms with Crippen molar-refractivity contribution in [3.05, 3.63) is 48.3 Å². The zero-order valence-corrected chi connectivity index (χ0v) is 12.5. The molecule has 0 fully saturated rings. The Balaban J connectivity index is 2.06. The summed E-state index contributed by atoms with van der Waals surface area (Å²) in [5.41, 5.74) is 8.54. The second kappa shape index (κ2) is 7.15. The van der Waals surface area contributed by atoms with Crippen molar-refractivity contribution in [2.45, 2.75) is 6.42 Å². The number of rotatable bonds is 4. The van der Waals surface area contributed by atoms with E-state index in [0.29, 0.717) is 13.1 Å². The molecule has 0 aliphatic carbocycles. The number of carbonyl (C=O) groups excluding carboxylic acids is 1. The largest absolute Gasteiger partial charge is 0.403 e. The molecule has 0 aromatic heterocycles. The molecule has 1 aromatic rings. The molecule has 5 nitrogen and oxygen atoms in total. The summed E-state index contributed by atoms with van der Waals surface area (Å²) in [6.07, 6.45) is 5.88. The van der Waals surface area contributed by atoms with Crippen LogP contribution in [0.5, 0.6) is 0 Å². The SMILES string of the molecule is N/C=C\N(N)c1ccc(C2=CCN(C(=O)CCl)CC2)cc1. The van der Waals surface area contributed by atoms with Gasteiger partial charge in [0.1, 0.15) is 5.88 Å². The van der Waals surface area contributed by atoms with Gasteiger partial charge in [0.25, 0.3) is 0 Å². The van der Waals surface area contributed by atoms with Crippen LogP contribution in [0, 0.1) is 0 Å². The molecule has 1 heterocycles. The molecule has 0 atom stereocenters. The van der Waals surface area contributed by atoms with E-state index in [4.69, 9.17) is 23.2 Å². The van der Waals surface area contributed by atoms with E-state index in [2.05, 4.69) is 6.08 Å². The van der Waals surface area contributed by atoms with Gasteiger partial charge in [0.15, 0.2) is 0 Å². The van der Waals surface area contributed by atoms with Crippen LogP contribution in [-0.2, 0) is 4.79 Å². The molecular formula is C15H19ClN4O. The number of amides is 1. The highest BCUT2D eigenvalue weighted by Gasteiger charge is 2.16. The minimum absolute atomic E-state index is 0.0188. The van der Waals surface area contributed by atoms with Crippen molar-refractivity contribution in [2.75, 3.05) is 24.0 Å². The molecule has 1 aliphatic rings. The minimum Gasteiger partial charge on any atom is -0.403 e. The normalized spacial score (nSPS) is 15.1. The van der Waals surface area contributed by atoms with Gasteiger partial charge in [-0.1, -0.05) is 18.2 Å². The van der Waals surface area contributed by atoms with Crippen LogP contribution >= 0.6 is 11.6 Å².